The summed E-state index contributed by atoms with van der Waals surface area (Å²) in [4.78, 5) is 19.4. The minimum absolute atomic E-state index is 0.127. The predicted octanol–water partition coefficient (Wildman–Crippen LogP) is 5.24. The van der Waals surface area contributed by atoms with Gasteiger partial charge in [-0.1, -0.05) is 11.6 Å². The molecule has 0 aliphatic heterocycles. The third-order valence-corrected chi connectivity index (χ3v) is 6.27. The van der Waals surface area contributed by atoms with Gasteiger partial charge in [-0.15, -0.1) is 21.5 Å². The number of halogens is 1. The number of thiazole rings is 1. The van der Waals surface area contributed by atoms with Gasteiger partial charge < -0.3 is 18.8 Å². The Morgan fingerprint density at radius 3 is 2.71 bits per heavy atom. The van der Waals surface area contributed by atoms with Crippen LogP contribution in [0.2, 0.25) is 5.02 Å². The molecule has 1 aliphatic rings. The van der Waals surface area contributed by atoms with Gasteiger partial charge in [0.15, 0.2) is 11.5 Å². The second-order valence-electron chi connectivity index (χ2n) is 7.81. The first-order valence-electron chi connectivity index (χ1n) is 10.7. The largest absolute Gasteiger partial charge is 0.493 e. The van der Waals surface area contributed by atoms with Crippen molar-refractivity contribution in [1.29, 1.82) is 0 Å². The maximum Gasteiger partial charge on any atom is 0.254 e. The average Bonchev–Trinajstić information content (AvgIpc) is 3.36. The van der Waals surface area contributed by atoms with Crippen LogP contribution >= 0.6 is 22.9 Å². The van der Waals surface area contributed by atoms with Crippen molar-refractivity contribution in [2.24, 2.45) is 0 Å². The first-order valence-corrected chi connectivity index (χ1v) is 12.0. The van der Waals surface area contributed by atoms with Crippen LogP contribution in [0.3, 0.4) is 0 Å². The van der Waals surface area contributed by atoms with Crippen LogP contribution in [0, 0.1) is 0 Å². The molecule has 5 rings (SSSR count). The fourth-order valence-corrected chi connectivity index (χ4v) is 4.14. The van der Waals surface area contributed by atoms with Crippen LogP contribution in [0.25, 0.3) is 11.5 Å². The van der Waals surface area contributed by atoms with Crippen LogP contribution in [-0.2, 0) is 13.2 Å². The minimum atomic E-state index is -0.127. The number of aromatic nitrogens is 3. The number of methoxy groups -OCH3 is 1. The third kappa shape index (κ3) is 5.05. The second kappa shape index (κ2) is 9.82. The average molecular weight is 497 g/mol. The van der Waals surface area contributed by atoms with Crippen molar-refractivity contribution in [1.82, 2.24) is 20.1 Å². The standard InChI is InChI=1S/C24H21ClN4O4S/c1-31-21-10-16(4-9-20(21)32-12-18-13-34-14-26-18)24(30)29(19-7-8-19)11-22-27-28-23(33-22)15-2-5-17(25)6-3-15/h2-6,9-10,13-14,19H,7-8,11-12H2,1H3. The second-order valence-corrected chi connectivity index (χ2v) is 8.96. The molecule has 1 amide bonds. The lowest BCUT2D eigenvalue weighted by molar-refractivity contribution is 0.0714. The molecule has 1 fully saturated rings. The Labute approximate surface area is 205 Å². The first kappa shape index (κ1) is 22.4. The Morgan fingerprint density at radius 2 is 2.00 bits per heavy atom. The van der Waals surface area contributed by atoms with E-state index in [1.807, 2.05) is 17.5 Å². The van der Waals surface area contributed by atoms with Crippen LogP contribution in [0.5, 0.6) is 11.5 Å². The van der Waals surface area contributed by atoms with Crippen molar-refractivity contribution in [3.63, 3.8) is 0 Å². The molecule has 4 aromatic rings. The number of carbonyl (C=O) groups is 1. The topological polar surface area (TPSA) is 90.6 Å². The highest BCUT2D eigenvalue weighted by atomic mass is 35.5. The molecule has 2 heterocycles. The third-order valence-electron chi connectivity index (χ3n) is 5.38. The van der Waals surface area contributed by atoms with E-state index in [0.717, 1.165) is 24.1 Å². The van der Waals surface area contributed by atoms with Crippen molar-refractivity contribution in [2.45, 2.75) is 32.0 Å². The minimum Gasteiger partial charge on any atom is -0.493 e. The van der Waals surface area contributed by atoms with Gasteiger partial charge >= 0.3 is 0 Å². The SMILES string of the molecule is COc1cc(C(=O)N(Cc2nnc(-c3ccc(Cl)cc3)o2)C2CC2)ccc1OCc1cscn1. The highest BCUT2D eigenvalue weighted by Crippen LogP contribution is 2.33. The normalized spacial score (nSPS) is 13.0. The van der Waals surface area contributed by atoms with Gasteiger partial charge in [0.1, 0.15) is 6.61 Å². The van der Waals surface area contributed by atoms with E-state index >= 15 is 0 Å². The van der Waals surface area contributed by atoms with Crippen LogP contribution in [0.15, 0.2) is 57.8 Å². The maximum atomic E-state index is 13.4. The quantitative estimate of drug-likeness (QED) is 0.313. The van der Waals surface area contributed by atoms with E-state index < -0.39 is 0 Å². The lowest BCUT2D eigenvalue weighted by atomic mass is 10.1. The molecule has 8 nitrogen and oxygen atoms in total. The molecular formula is C24H21ClN4O4S. The lowest BCUT2D eigenvalue weighted by Gasteiger charge is -2.21. The van der Waals surface area contributed by atoms with Crippen LogP contribution in [0.1, 0.15) is 34.8 Å². The predicted molar refractivity (Wildman–Crippen MR) is 127 cm³/mol. The molecule has 0 bridgehead atoms. The molecule has 0 unspecified atom stereocenters. The number of rotatable bonds is 9. The Hall–Kier alpha value is -3.43. The summed E-state index contributed by atoms with van der Waals surface area (Å²) in [6, 6.07) is 12.5. The van der Waals surface area contributed by atoms with Gasteiger partial charge in [-0.05, 0) is 55.3 Å². The van der Waals surface area contributed by atoms with Crippen molar-refractivity contribution in [3.8, 4) is 23.0 Å². The highest BCUT2D eigenvalue weighted by Gasteiger charge is 2.34. The first-order chi connectivity index (χ1) is 16.6. The summed E-state index contributed by atoms with van der Waals surface area (Å²) in [6.45, 7) is 0.558. The molecule has 1 saturated carbocycles. The monoisotopic (exact) mass is 496 g/mol. The molecule has 34 heavy (non-hydrogen) atoms. The summed E-state index contributed by atoms with van der Waals surface area (Å²) in [7, 11) is 1.55. The number of nitrogens with zero attached hydrogens (tertiary/aromatic N) is 4. The Kier molecular flexibility index (Phi) is 6.46. The number of benzene rings is 2. The summed E-state index contributed by atoms with van der Waals surface area (Å²) in [5, 5.41) is 10.8. The van der Waals surface area contributed by atoms with Gasteiger partial charge in [-0.2, -0.15) is 0 Å². The van der Waals surface area contributed by atoms with Crippen LogP contribution in [0.4, 0.5) is 0 Å². The van der Waals surface area contributed by atoms with E-state index in [9.17, 15) is 4.79 Å². The molecule has 0 atom stereocenters. The summed E-state index contributed by atoms with van der Waals surface area (Å²) in [5.74, 6) is 1.67. The Morgan fingerprint density at radius 1 is 1.18 bits per heavy atom. The molecule has 0 N–H and O–H groups in total. The molecule has 10 heteroatoms. The molecular weight excluding hydrogens is 476 g/mol. The summed E-state index contributed by atoms with van der Waals surface area (Å²) in [5.41, 5.74) is 3.86. The van der Waals surface area contributed by atoms with Gasteiger partial charge in [-0.25, -0.2) is 4.98 Å². The van der Waals surface area contributed by atoms with E-state index in [1.165, 1.54) is 11.3 Å². The molecule has 0 saturated heterocycles. The van der Waals surface area contributed by atoms with E-state index in [-0.39, 0.29) is 18.5 Å². The van der Waals surface area contributed by atoms with Crippen molar-refractivity contribution < 1.29 is 18.7 Å². The van der Waals surface area contributed by atoms with E-state index in [2.05, 4.69) is 15.2 Å². The van der Waals surface area contributed by atoms with E-state index in [1.54, 1.807) is 47.9 Å². The number of carbonyl (C=O) groups excluding carboxylic acids is 1. The zero-order valence-corrected chi connectivity index (χ0v) is 19.9. The van der Waals surface area contributed by atoms with Gasteiger partial charge in [0.2, 0.25) is 11.8 Å². The van der Waals surface area contributed by atoms with Crippen LogP contribution < -0.4 is 9.47 Å². The molecule has 0 radical (unpaired) electrons. The molecule has 2 aromatic heterocycles. The number of hydrogen-bond acceptors (Lipinski definition) is 8. The number of amides is 1. The number of hydrogen-bond donors (Lipinski definition) is 0. The lowest BCUT2D eigenvalue weighted by Crippen LogP contribution is -2.32. The maximum absolute atomic E-state index is 13.4. The number of ether oxygens (including phenoxy) is 2. The van der Waals surface area contributed by atoms with Crippen molar-refractivity contribution >= 4 is 28.8 Å². The zero-order chi connectivity index (χ0) is 23.5. The molecule has 0 spiro atoms. The zero-order valence-electron chi connectivity index (χ0n) is 18.3. The van der Waals surface area contributed by atoms with Crippen molar-refractivity contribution in [3.05, 3.63) is 75.5 Å². The van der Waals surface area contributed by atoms with E-state index in [0.29, 0.717) is 40.5 Å². The van der Waals surface area contributed by atoms with Gasteiger partial charge in [-0.3, -0.25) is 4.79 Å². The van der Waals surface area contributed by atoms with E-state index in [4.69, 9.17) is 25.5 Å². The van der Waals surface area contributed by atoms with Gasteiger partial charge in [0, 0.05) is 27.6 Å². The highest BCUT2D eigenvalue weighted by molar-refractivity contribution is 7.07. The molecule has 1 aliphatic carbocycles. The van der Waals surface area contributed by atoms with Gasteiger partial charge in [0.25, 0.3) is 5.91 Å². The Balaban J connectivity index is 1.31. The smallest absolute Gasteiger partial charge is 0.254 e. The summed E-state index contributed by atoms with van der Waals surface area (Å²) in [6.07, 6.45) is 1.88. The summed E-state index contributed by atoms with van der Waals surface area (Å²) >= 11 is 7.46. The fraction of sp³-hybridized carbons (Fsp3) is 0.250. The van der Waals surface area contributed by atoms with Crippen LogP contribution in [-0.4, -0.2) is 39.1 Å². The molecule has 174 valence electrons. The van der Waals surface area contributed by atoms with Gasteiger partial charge in [0.05, 0.1) is 24.9 Å². The summed E-state index contributed by atoms with van der Waals surface area (Å²) < 4.78 is 17.1. The molecule has 2 aromatic carbocycles. The fourth-order valence-electron chi connectivity index (χ4n) is 3.47. The van der Waals surface area contributed by atoms with Crippen molar-refractivity contribution in [2.75, 3.05) is 7.11 Å². The Bertz CT molecular complexity index is 1270.